The molecule has 1 unspecified atom stereocenters. The number of nitrogens with zero attached hydrogens (tertiary/aromatic N) is 1. The fourth-order valence-corrected chi connectivity index (χ4v) is 3.49. The molecular weight excluding hydrogens is 403 g/mol. The van der Waals surface area contributed by atoms with Crippen LogP contribution in [-0.4, -0.2) is 15.7 Å². The van der Waals surface area contributed by atoms with Crippen LogP contribution < -0.4 is 5.32 Å². The molecule has 1 N–H and O–H groups in total. The Labute approximate surface area is 130 Å². The molecule has 0 fully saturated rings. The van der Waals surface area contributed by atoms with Crippen molar-refractivity contribution >= 4 is 76.1 Å². The lowest BCUT2D eigenvalue weighted by Gasteiger charge is -2.04. The molecule has 0 aliphatic heterocycles. The molecule has 1 aromatic carbocycles. The van der Waals surface area contributed by atoms with Crippen LogP contribution in [0.3, 0.4) is 0 Å². The standard InChI is InChI=1S/C11H9Br2ClN2OS/c1-2-6(13)10(17)16-11-15-9-7(14)3-5(12)4-8(9)18-11/h3-4,6H,2H2,1H3,(H,15,16,17). The lowest BCUT2D eigenvalue weighted by molar-refractivity contribution is -0.115. The second kappa shape index (κ2) is 5.86. The maximum Gasteiger partial charge on any atom is 0.239 e. The zero-order valence-corrected chi connectivity index (χ0v) is 14.1. The number of benzene rings is 1. The number of aromatic nitrogens is 1. The van der Waals surface area contributed by atoms with Crippen molar-refractivity contribution in [1.82, 2.24) is 4.98 Å². The lowest BCUT2D eigenvalue weighted by atomic mass is 10.3. The van der Waals surface area contributed by atoms with Crippen LogP contribution in [-0.2, 0) is 4.79 Å². The van der Waals surface area contributed by atoms with Crippen LogP contribution in [0.4, 0.5) is 5.13 Å². The predicted molar refractivity (Wildman–Crippen MR) is 84.0 cm³/mol. The molecule has 0 aliphatic carbocycles. The molecule has 0 saturated carbocycles. The Balaban J connectivity index is 2.31. The maximum atomic E-state index is 11.7. The van der Waals surface area contributed by atoms with Crippen molar-refractivity contribution in [3.05, 3.63) is 21.6 Å². The molecule has 0 aliphatic rings. The summed E-state index contributed by atoms with van der Waals surface area (Å²) in [6.45, 7) is 1.94. The first-order valence-electron chi connectivity index (χ1n) is 5.21. The van der Waals surface area contributed by atoms with Crippen LogP contribution >= 0.6 is 54.8 Å². The van der Waals surface area contributed by atoms with Crippen LogP contribution in [0.25, 0.3) is 10.2 Å². The zero-order valence-electron chi connectivity index (χ0n) is 9.34. The summed E-state index contributed by atoms with van der Waals surface area (Å²) in [5, 5.41) is 3.91. The van der Waals surface area contributed by atoms with Crippen LogP contribution in [0.5, 0.6) is 0 Å². The van der Waals surface area contributed by atoms with Gasteiger partial charge in [-0.05, 0) is 18.6 Å². The van der Waals surface area contributed by atoms with Gasteiger partial charge in [0.1, 0.15) is 5.52 Å². The predicted octanol–water partition coefficient (Wildman–Crippen LogP) is 4.82. The first kappa shape index (κ1) is 14.2. The van der Waals surface area contributed by atoms with Gasteiger partial charge in [0.25, 0.3) is 0 Å². The number of carbonyl (C=O) groups is 1. The van der Waals surface area contributed by atoms with Crippen molar-refractivity contribution in [1.29, 1.82) is 0 Å². The van der Waals surface area contributed by atoms with E-state index in [2.05, 4.69) is 42.2 Å². The Hall–Kier alpha value is -0.170. The van der Waals surface area contributed by atoms with E-state index in [4.69, 9.17) is 11.6 Å². The first-order chi connectivity index (χ1) is 8.51. The Morgan fingerprint density at radius 2 is 2.33 bits per heavy atom. The summed E-state index contributed by atoms with van der Waals surface area (Å²) in [6.07, 6.45) is 0.725. The SMILES string of the molecule is CCC(Br)C(=O)Nc1nc2c(Cl)cc(Br)cc2s1. The number of carbonyl (C=O) groups excluding carboxylic acids is 1. The third-order valence-electron chi connectivity index (χ3n) is 2.29. The van der Waals surface area contributed by atoms with E-state index < -0.39 is 0 Å². The van der Waals surface area contributed by atoms with Crippen molar-refractivity contribution in [2.24, 2.45) is 0 Å². The molecule has 0 spiro atoms. The Morgan fingerprint density at radius 1 is 1.61 bits per heavy atom. The summed E-state index contributed by atoms with van der Waals surface area (Å²) in [7, 11) is 0. The summed E-state index contributed by atoms with van der Waals surface area (Å²) in [5.74, 6) is -0.0910. The topological polar surface area (TPSA) is 42.0 Å². The van der Waals surface area contributed by atoms with E-state index in [0.29, 0.717) is 15.7 Å². The largest absolute Gasteiger partial charge is 0.301 e. The Bertz CT molecular complexity index is 602. The highest BCUT2D eigenvalue weighted by Crippen LogP contribution is 2.34. The average Bonchev–Trinajstić information content (AvgIpc) is 2.70. The molecule has 7 heteroatoms. The molecule has 1 amide bonds. The van der Waals surface area contributed by atoms with Gasteiger partial charge in [-0.25, -0.2) is 4.98 Å². The second-order valence-electron chi connectivity index (χ2n) is 3.62. The number of fused-ring (bicyclic) bond motifs is 1. The summed E-state index contributed by atoms with van der Waals surface area (Å²) in [4.78, 5) is 15.9. The molecule has 1 heterocycles. The number of amides is 1. The Kier molecular flexibility index (Phi) is 4.64. The van der Waals surface area contributed by atoms with Crippen LogP contribution in [0.1, 0.15) is 13.3 Å². The number of alkyl halides is 1. The maximum absolute atomic E-state index is 11.7. The van der Waals surface area contributed by atoms with Crippen molar-refractivity contribution in [2.75, 3.05) is 5.32 Å². The number of halogens is 3. The van der Waals surface area contributed by atoms with E-state index in [0.717, 1.165) is 15.6 Å². The second-order valence-corrected chi connectivity index (χ2v) is 7.08. The highest BCUT2D eigenvalue weighted by Gasteiger charge is 2.15. The molecule has 1 aromatic heterocycles. The van der Waals surface area contributed by atoms with E-state index in [1.165, 1.54) is 11.3 Å². The molecule has 18 heavy (non-hydrogen) atoms. The van der Waals surface area contributed by atoms with Crippen molar-refractivity contribution in [3.63, 3.8) is 0 Å². The van der Waals surface area contributed by atoms with Crippen molar-refractivity contribution in [2.45, 2.75) is 18.2 Å². The molecule has 2 rings (SSSR count). The normalized spacial score (nSPS) is 12.7. The minimum Gasteiger partial charge on any atom is -0.301 e. The first-order valence-corrected chi connectivity index (χ1v) is 8.12. The quantitative estimate of drug-likeness (QED) is 0.734. The van der Waals surface area contributed by atoms with Crippen LogP contribution in [0.2, 0.25) is 5.02 Å². The molecule has 0 saturated heterocycles. The van der Waals surface area contributed by atoms with E-state index in [-0.39, 0.29) is 10.7 Å². The Morgan fingerprint density at radius 3 is 3.00 bits per heavy atom. The molecule has 0 bridgehead atoms. The number of hydrogen-bond acceptors (Lipinski definition) is 3. The molecule has 0 radical (unpaired) electrons. The van der Waals surface area contributed by atoms with Gasteiger partial charge in [-0.2, -0.15) is 0 Å². The van der Waals surface area contributed by atoms with E-state index in [1.54, 1.807) is 6.07 Å². The number of nitrogens with one attached hydrogen (secondary N) is 1. The van der Waals surface area contributed by atoms with Gasteiger partial charge in [0.15, 0.2) is 5.13 Å². The van der Waals surface area contributed by atoms with E-state index in [9.17, 15) is 4.79 Å². The minimum absolute atomic E-state index is 0.0910. The summed E-state index contributed by atoms with van der Waals surface area (Å²) < 4.78 is 1.83. The third kappa shape index (κ3) is 3.04. The summed E-state index contributed by atoms with van der Waals surface area (Å²) in [6, 6.07) is 3.72. The fourth-order valence-electron chi connectivity index (χ4n) is 1.38. The van der Waals surface area contributed by atoms with Gasteiger partial charge in [-0.15, -0.1) is 0 Å². The fraction of sp³-hybridized carbons (Fsp3) is 0.273. The van der Waals surface area contributed by atoms with Crippen LogP contribution in [0, 0.1) is 0 Å². The monoisotopic (exact) mass is 410 g/mol. The number of thiazole rings is 1. The van der Waals surface area contributed by atoms with E-state index >= 15 is 0 Å². The number of hydrogen-bond donors (Lipinski definition) is 1. The zero-order chi connectivity index (χ0) is 13.3. The van der Waals surface area contributed by atoms with Crippen molar-refractivity contribution < 1.29 is 4.79 Å². The lowest BCUT2D eigenvalue weighted by Crippen LogP contribution is -2.21. The highest BCUT2D eigenvalue weighted by atomic mass is 79.9. The van der Waals surface area contributed by atoms with Gasteiger partial charge >= 0.3 is 0 Å². The summed E-state index contributed by atoms with van der Waals surface area (Å²) >= 11 is 14.2. The minimum atomic E-state index is -0.202. The van der Waals surface area contributed by atoms with Gasteiger partial charge in [0.2, 0.25) is 5.91 Å². The molecule has 3 nitrogen and oxygen atoms in total. The third-order valence-corrected chi connectivity index (χ3v) is 5.01. The molecular formula is C11H9Br2ClN2OS. The average molecular weight is 413 g/mol. The number of anilines is 1. The van der Waals surface area contributed by atoms with Gasteiger partial charge in [-0.3, -0.25) is 4.79 Å². The van der Waals surface area contributed by atoms with Gasteiger partial charge in [0.05, 0.1) is 14.5 Å². The van der Waals surface area contributed by atoms with Crippen molar-refractivity contribution in [3.8, 4) is 0 Å². The van der Waals surface area contributed by atoms with E-state index in [1.807, 2.05) is 13.0 Å². The van der Waals surface area contributed by atoms with Gasteiger partial charge < -0.3 is 5.32 Å². The highest BCUT2D eigenvalue weighted by molar-refractivity contribution is 9.10. The van der Waals surface area contributed by atoms with Gasteiger partial charge in [0, 0.05) is 4.47 Å². The number of rotatable bonds is 3. The van der Waals surface area contributed by atoms with Gasteiger partial charge in [-0.1, -0.05) is 61.7 Å². The molecule has 96 valence electrons. The summed E-state index contributed by atoms with van der Waals surface area (Å²) in [5.41, 5.74) is 0.711. The smallest absolute Gasteiger partial charge is 0.239 e. The van der Waals surface area contributed by atoms with Crippen LogP contribution in [0.15, 0.2) is 16.6 Å². The molecule has 1 atom stereocenters. The molecule has 2 aromatic rings.